The van der Waals surface area contributed by atoms with E-state index in [4.69, 9.17) is 4.74 Å². The van der Waals surface area contributed by atoms with Crippen molar-refractivity contribution in [3.8, 4) is 0 Å². The summed E-state index contributed by atoms with van der Waals surface area (Å²) in [4.78, 5) is 12.0. The molecule has 0 saturated carbocycles. The third kappa shape index (κ3) is 5.83. The lowest BCUT2D eigenvalue weighted by molar-refractivity contribution is -0.127. The molecule has 1 rings (SSSR count). The molecular formula is C14H28N2O2. The van der Waals surface area contributed by atoms with Crippen LogP contribution in [0, 0.1) is 17.8 Å². The van der Waals surface area contributed by atoms with Gasteiger partial charge < -0.3 is 15.4 Å². The highest BCUT2D eigenvalue weighted by Crippen LogP contribution is 2.18. The van der Waals surface area contributed by atoms with Gasteiger partial charge >= 0.3 is 0 Å². The highest BCUT2D eigenvalue weighted by atomic mass is 16.5. The molecule has 18 heavy (non-hydrogen) atoms. The van der Waals surface area contributed by atoms with Crippen molar-refractivity contribution in [1.82, 2.24) is 10.6 Å². The van der Waals surface area contributed by atoms with Crippen LogP contribution in [0.3, 0.4) is 0 Å². The van der Waals surface area contributed by atoms with E-state index in [-0.39, 0.29) is 11.8 Å². The van der Waals surface area contributed by atoms with Crippen molar-refractivity contribution < 1.29 is 9.53 Å². The molecule has 1 aliphatic rings. The first kappa shape index (κ1) is 15.4. The maximum Gasteiger partial charge on any atom is 0.223 e. The largest absolute Gasteiger partial charge is 0.381 e. The SMILES string of the molecule is CC(C)COCCCNC(=O)C1CCNCC1C. The molecule has 0 aromatic carbocycles. The maximum absolute atomic E-state index is 12.0. The van der Waals surface area contributed by atoms with Crippen LogP contribution >= 0.6 is 0 Å². The summed E-state index contributed by atoms with van der Waals surface area (Å²) in [5.41, 5.74) is 0. The summed E-state index contributed by atoms with van der Waals surface area (Å²) < 4.78 is 5.48. The average molecular weight is 256 g/mol. The minimum absolute atomic E-state index is 0.183. The smallest absolute Gasteiger partial charge is 0.223 e. The summed E-state index contributed by atoms with van der Waals surface area (Å²) in [7, 11) is 0. The third-order valence-corrected chi connectivity index (χ3v) is 3.34. The number of hydrogen-bond donors (Lipinski definition) is 2. The highest BCUT2D eigenvalue weighted by molar-refractivity contribution is 5.79. The van der Waals surface area contributed by atoms with Gasteiger partial charge in [-0.3, -0.25) is 4.79 Å². The van der Waals surface area contributed by atoms with Crippen LogP contribution in [0.5, 0.6) is 0 Å². The van der Waals surface area contributed by atoms with Crippen LogP contribution in [0.25, 0.3) is 0 Å². The van der Waals surface area contributed by atoms with Crippen LogP contribution in [0.2, 0.25) is 0 Å². The molecule has 0 radical (unpaired) electrons. The fourth-order valence-electron chi connectivity index (χ4n) is 2.24. The van der Waals surface area contributed by atoms with Gasteiger partial charge in [0.2, 0.25) is 5.91 Å². The molecule has 1 aliphatic heterocycles. The molecule has 0 spiro atoms. The van der Waals surface area contributed by atoms with E-state index in [1.165, 1.54) is 0 Å². The Kier molecular flexibility index (Phi) is 7.28. The topological polar surface area (TPSA) is 50.4 Å². The van der Waals surface area contributed by atoms with E-state index in [0.717, 1.165) is 45.7 Å². The van der Waals surface area contributed by atoms with Gasteiger partial charge in [0.15, 0.2) is 0 Å². The van der Waals surface area contributed by atoms with E-state index in [2.05, 4.69) is 31.4 Å². The van der Waals surface area contributed by atoms with Crippen molar-refractivity contribution >= 4 is 5.91 Å². The van der Waals surface area contributed by atoms with E-state index in [9.17, 15) is 4.79 Å². The minimum atomic E-state index is 0.183. The molecule has 1 fully saturated rings. The van der Waals surface area contributed by atoms with E-state index < -0.39 is 0 Å². The van der Waals surface area contributed by atoms with Crippen molar-refractivity contribution in [2.75, 3.05) is 32.8 Å². The lowest BCUT2D eigenvalue weighted by atomic mass is 9.87. The first-order valence-corrected chi connectivity index (χ1v) is 7.17. The van der Waals surface area contributed by atoms with Crippen molar-refractivity contribution in [2.45, 2.75) is 33.6 Å². The molecule has 4 nitrogen and oxygen atoms in total. The van der Waals surface area contributed by atoms with Gasteiger partial charge in [0.05, 0.1) is 0 Å². The molecule has 0 bridgehead atoms. The zero-order chi connectivity index (χ0) is 13.4. The summed E-state index contributed by atoms with van der Waals surface area (Å²) in [6.07, 6.45) is 1.86. The number of nitrogens with one attached hydrogen (secondary N) is 2. The zero-order valence-corrected chi connectivity index (χ0v) is 12.0. The fourth-order valence-corrected chi connectivity index (χ4v) is 2.24. The van der Waals surface area contributed by atoms with Crippen molar-refractivity contribution in [3.63, 3.8) is 0 Å². The molecule has 1 amide bonds. The van der Waals surface area contributed by atoms with Crippen LogP contribution in [-0.4, -0.2) is 38.8 Å². The number of carbonyl (C=O) groups excluding carboxylic acids is 1. The standard InChI is InChI=1S/C14H28N2O2/c1-11(2)10-18-8-4-6-16-14(17)13-5-7-15-9-12(13)3/h11-13,15H,4-10H2,1-3H3,(H,16,17). The fraction of sp³-hybridized carbons (Fsp3) is 0.929. The van der Waals surface area contributed by atoms with Gasteiger partial charge in [-0.15, -0.1) is 0 Å². The number of hydrogen-bond acceptors (Lipinski definition) is 3. The maximum atomic E-state index is 12.0. The van der Waals surface area contributed by atoms with Crippen molar-refractivity contribution in [1.29, 1.82) is 0 Å². The predicted octanol–water partition coefficient (Wildman–Crippen LogP) is 1.41. The normalized spacial score (nSPS) is 24.2. The van der Waals surface area contributed by atoms with Gasteiger partial charge in [-0.1, -0.05) is 20.8 Å². The lowest BCUT2D eigenvalue weighted by Crippen LogP contribution is -2.43. The molecule has 0 aromatic heterocycles. The Bertz CT molecular complexity index is 244. The Morgan fingerprint density at radius 3 is 2.94 bits per heavy atom. The molecule has 1 saturated heterocycles. The molecule has 106 valence electrons. The average Bonchev–Trinajstić information content (AvgIpc) is 2.33. The monoisotopic (exact) mass is 256 g/mol. The minimum Gasteiger partial charge on any atom is -0.381 e. The van der Waals surface area contributed by atoms with Gasteiger partial charge in [-0.25, -0.2) is 0 Å². The number of amides is 1. The molecular weight excluding hydrogens is 228 g/mol. The number of rotatable bonds is 7. The predicted molar refractivity (Wildman–Crippen MR) is 73.4 cm³/mol. The molecule has 2 unspecified atom stereocenters. The third-order valence-electron chi connectivity index (χ3n) is 3.34. The summed E-state index contributed by atoms with van der Waals surface area (Å²) in [6, 6.07) is 0. The molecule has 0 aliphatic carbocycles. The number of carbonyl (C=O) groups is 1. The van der Waals surface area contributed by atoms with Crippen LogP contribution in [0.4, 0.5) is 0 Å². The first-order valence-electron chi connectivity index (χ1n) is 7.17. The van der Waals surface area contributed by atoms with E-state index in [0.29, 0.717) is 11.8 Å². The zero-order valence-electron chi connectivity index (χ0n) is 12.0. The van der Waals surface area contributed by atoms with Crippen LogP contribution < -0.4 is 10.6 Å². The Balaban J connectivity index is 2.06. The number of ether oxygens (including phenoxy) is 1. The van der Waals surface area contributed by atoms with Crippen LogP contribution in [-0.2, 0) is 9.53 Å². The van der Waals surface area contributed by atoms with E-state index >= 15 is 0 Å². The van der Waals surface area contributed by atoms with E-state index in [1.807, 2.05) is 0 Å². The summed E-state index contributed by atoms with van der Waals surface area (Å²) >= 11 is 0. The van der Waals surface area contributed by atoms with Crippen molar-refractivity contribution in [2.24, 2.45) is 17.8 Å². The van der Waals surface area contributed by atoms with Crippen molar-refractivity contribution in [3.05, 3.63) is 0 Å². The Morgan fingerprint density at radius 1 is 1.50 bits per heavy atom. The quantitative estimate of drug-likeness (QED) is 0.677. The van der Waals surface area contributed by atoms with Gasteiger partial charge in [0, 0.05) is 25.7 Å². The summed E-state index contributed by atoms with van der Waals surface area (Å²) in [5.74, 6) is 1.42. The van der Waals surface area contributed by atoms with Gasteiger partial charge in [-0.05, 0) is 37.8 Å². The Hall–Kier alpha value is -0.610. The summed E-state index contributed by atoms with van der Waals surface area (Å²) in [6.45, 7) is 10.6. The van der Waals surface area contributed by atoms with Gasteiger partial charge in [0.25, 0.3) is 0 Å². The molecule has 0 aromatic rings. The molecule has 4 heteroatoms. The first-order chi connectivity index (χ1) is 8.61. The Labute approximate surface area is 111 Å². The highest BCUT2D eigenvalue weighted by Gasteiger charge is 2.26. The lowest BCUT2D eigenvalue weighted by Gasteiger charge is -2.28. The number of piperidine rings is 1. The van der Waals surface area contributed by atoms with Crippen LogP contribution in [0.1, 0.15) is 33.6 Å². The molecule has 2 atom stereocenters. The molecule has 1 heterocycles. The molecule has 2 N–H and O–H groups in total. The van der Waals surface area contributed by atoms with E-state index in [1.54, 1.807) is 0 Å². The second-order valence-corrected chi connectivity index (χ2v) is 5.69. The van der Waals surface area contributed by atoms with Gasteiger partial charge in [-0.2, -0.15) is 0 Å². The van der Waals surface area contributed by atoms with Crippen LogP contribution in [0.15, 0.2) is 0 Å². The second kappa shape index (κ2) is 8.48. The second-order valence-electron chi connectivity index (χ2n) is 5.69. The summed E-state index contributed by atoms with van der Waals surface area (Å²) in [5, 5.41) is 6.34. The van der Waals surface area contributed by atoms with Gasteiger partial charge in [0.1, 0.15) is 0 Å². The Morgan fingerprint density at radius 2 is 2.28 bits per heavy atom.